The monoisotopic (exact) mass is 444 g/mol. The summed E-state index contributed by atoms with van der Waals surface area (Å²) in [5.74, 6) is 0.946. The molecule has 4 aromatic rings. The van der Waals surface area contributed by atoms with Gasteiger partial charge in [0, 0.05) is 36.0 Å². The van der Waals surface area contributed by atoms with Crippen molar-refractivity contribution in [3.05, 3.63) is 88.5 Å². The number of nitrogens with zero attached hydrogens (tertiary/aromatic N) is 1. The smallest absolute Gasteiger partial charge is 0.336 e. The summed E-state index contributed by atoms with van der Waals surface area (Å²) in [5, 5.41) is 3.61. The minimum Gasteiger partial charge on any atom is -0.497 e. The fourth-order valence-electron chi connectivity index (χ4n) is 3.56. The zero-order valence-electron chi connectivity index (χ0n) is 18.6. The quantitative estimate of drug-likeness (QED) is 0.429. The summed E-state index contributed by atoms with van der Waals surface area (Å²) in [6.07, 6.45) is 2.63. The van der Waals surface area contributed by atoms with E-state index >= 15 is 0 Å². The first-order chi connectivity index (χ1) is 16.0. The first-order valence-corrected chi connectivity index (χ1v) is 10.5. The maximum absolute atomic E-state index is 12.5. The fourth-order valence-corrected chi connectivity index (χ4v) is 3.56. The normalized spacial score (nSPS) is 11.7. The van der Waals surface area contributed by atoms with Crippen LogP contribution in [0.5, 0.6) is 11.5 Å². The summed E-state index contributed by atoms with van der Waals surface area (Å²) >= 11 is 0. The number of fused-ring (bicyclic) bond motifs is 1. The Kier molecular flexibility index (Phi) is 6.40. The van der Waals surface area contributed by atoms with Gasteiger partial charge in [0.2, 0.25) is 0 Å². The van der Waals surface area contributed by atoms with Crippen molar-refractivity contribution in [2.24, 2.45) is 0 Å². The van der Waals surface area contributed by atoms with E-state index < -0.39 is 11.7 Å². The predicted molar refractivity (Wildman–Crippen MR) is 125 cm³/mol. The van der Waals surface area contributed by atoms with Gasteiger partial charge in [0.25, 0.3) is 5.91 Å². The topological polar surface area (TPSA) is 90.7 Å². The van der Waals surface area contributed by atoms with Crippen LogP contribution in [0.15, 0.2) is 76.2 Å². The van der Waals surface area contributed by atoms with E-state index in [0.717, 1.165) is 27.8 Å². The van der Waals surface area contributed by atoms with Gasteiger partial charge in [-0.25, -0.2) is 4.79 Å². The first kappa shape index (κ1) is 22.1. The van der Waals surface area contributed by atoms with E-state index in [9.17, 15) is 9.59 Å². The average Bonchev–Trinajstić information content (AvgIpc) is 2.84. The number of aryl methyl sites for hydroxylation is 1. The Hall–Kier alpha value is -4.13. The molecule has 2 aromatic carbocycles. The number of hydrogen-bond acceptors (Lipinski definition) is 6. The zero-order valence-corrected chi connectivity index (χ0v) is 18.6. The Bertz CT molecular complexity index is 1330. The van der Waals surface area contributed by atoms with Gasteiger partial charge in [0.05, 0.1) is 7.11 Å². The molecule has 4 rings (SSSR count). The van der Waals surface area contributed by atoms with E-state index in [1.54, 1.807) is 39.4 Å². The molecular formula is C26H24N2O5. The van der Waals surface area contributed by atoms with Crippen LogP contribution in [0.25, 0.3) is 22.1 Å². The average molecular weight is 444 g/mol. The van der Waals surface area contributed by atoms with Crippen LogP contribution < -0.4 is 20.4 Å². The van der Waals surface area contributed by atoms with Crippen LogP contribution in [0.4, 0.5) is 0 Å². The van der Waals surface area contributed by atoms with Gasteiger partial charge in [0.1, 0.15) is 17.1 Å². The van der Waals surface area contributed by atoms with Crippen LogP contribution in [0.2, 0.25) is 0 Å². The number of amides is 1. The molecular weight excluding hydrogens is 420 g/mol. The maximum Gasteiger partial charge on any atom is 0.336 e. The second-order valence-electron chi connectivity index (χ2n) is 7.61. The molecule has 1 N–H and O–H groups in total. The third kappa shape index (κ3) is 4.87. The molecule has 2 heterocycles. The number of carbonyl (C=O) groups excluding carboxylic acids is 1. The lowest BCUT2D eigenvalue weighted by Crippen LogP contribution is -2.36. The fraction of sp³-hybridized carbons (Fsp3) is 0.192. The lowest BCUT2D eigenvalue weighted by Gasteiger charge is -2.17. The van der Waals surface area contributed by atoms with Crippen LogP contribution >= 0.6 is 0 Å². The van der Waals surface area contributed by atoms with Crippen molar-refractivity contribution < 1.29 is 18.7 Å². The molecule has 0 spiro atoms. The molecule has 0 saturated heterocycles. The van der Waals surface area contributed by atoms with Crippen molar-refractivity contribution in [2.75, 3.05) is 7.11 Å². The Balaban J connectivity index is 1.58. The van der Waals surface area contributed by atoms with Gasteiger partial charge in [-0.05, 0) is 60.9 Å². The number of aromatic nitrogens is 1. The number of pyridine rings is 1. The van der Waals surface area contributed by atoms with Crippen molar-refractivity contribution in [3.8, 4) is 22.6 Å². The van der Waals surface area contributed by atoms with Crippen LogP contribution in [0.1, 0.15) is 18.1 Å². The van der Waals surface area contributed by atoms with Crippen LogP contribution in [0, 0.1) is 6.92 Å². The molecule has 0 aliphatic heterocycles. The number of ether oxygens (including phenoxy) is 2. The lowest BCUT2D eigenvalue weighted by atomic mass is 10.00. The van der Waals surface area contributed by atoms with E-state index in [4.69, 9.17) is 13.9 Å². The molecule has 0 aliphatic carbocycles. The highest BCUT2D eigenvalue weighted by Crippen LogP contribution is 2.34. The molecule has 0 fully saturated rings. The molecule has 7 heteroatoms. The van der Waals surface area contributed by atoms with E-state index in [2.05, 4.69) is 10.3 Å². The van der Waals surface area contributed by atoms with Crippen molar-refractivity contribution in [1.29, 1.82) is 0 Å². The molecule has 7 nitrogen and oxygen atoms in total. The molecule has 1 atom stereocenters. The summed E-state index contributed by atoms with van der Waals surface area (Å²) in [6, 6.07) is 16.2. The number of benzene rings is 2. The van der Waals surface area contributed by atoms with Crippen LogP contribution in [-0.4, -0.2) is 24.1 Å². The third-order valence-electron chi connectivity index (χ3n) is 5.37. The van der Waals surface area contributed by atoms with Gasteiger partial charge in [-0.1, -0.05) is 18.2 Å². The van der Waals surface area contributed by atoms with E-state index in [-0.39, 0.29) is 5.91 Å². The SMILES string of the molecule is COc1ccc(-c2cc(=O)oc3c(C)c(O[C@H](C)C(=O)NCc4cccnc4)ccc23)cc1. The molecule has 0 bridgehead atoms. The Labute approximate surface area is 191 Å². The maximum atomic E-state index is 12.5. The molecule has 1 amide bonds. The summed E-state index contributed by atoms with van der Waals surface area (Å²) in [5.41, 5.74) is 3.12. The van der Waals surface area contributed by atoms with Gasteiger partial charge >= 0.3 is 5.63 Å². The number of methoxy groups -OCH3 is 1. The number of nitrogens with one attached hydrogen (secondary N) is 1. The van der Waals surface area contributed by atoms with E-state index in [1.807, 2.05) is 42.5 Å². The summed E-state index contributed by atoms with van der Waals surface area (Å²) in [4.78, 5) is 28.8. The molecule has 168 valence electrons. The molecule has 33 heavy (non-hydrogen) atoms. The van der Waals surface area contributed by atoms with Crippen LogP contribution in [0.3, 0.4) is 0 Å². The van der Waals surface area contributed by atoms with Crippen molar-refractivity contribution in [2.45, 2.75) is 26.5 Å². The molecule has 0 aliphatic rings. The van der Waals surface area contributed by atoms with Crippen molar-refractivity contribution >= 4 is 16.9 Å². The molecule has 0 radical (unpaired) electrons. The molecule has 2 aromatic heterocycles. The van der Waals surface area contributed by atoms with E-state index in [1.165, 1.54) is 6.07 Å². The second kappa shape index (κ2) is 9.56. The lowest BCUT2D eigenvalue weighted by molar-refractivity contribution is -0.127. The van der Waals surface area contributed by atoms with Gasteiger partial charge in [-0.15, -0.1) is 0 Å². The second-order valence-corrected chi connectivity index (χ2v) is 7.61. The Morgan fingerprint density at radius 3 is 2.64 bits per heavy atom. The number of carbonyl (C=O) groups is 1. The van der Waals surface area contributed by atoms with Gasteiger partial charge in [-0.2, -0.15) is 0 Å². The summed E-state index contributed by atoms with van der Waals surface area (Å²) in [7, 11) is 1.60. The standard InChI is InChI=1S/C26H24N2O5/c1-16-23(32-17(2)26(30)28-15-18-5-4-12-27-14-18)11-10-21-22(13-24(29)33-25(16)21)19-6-8-20(31-3)9-7-19/h4-14,17H,15H2,1-3H3,(H,28,30)/t17-/m1/s1. The summed E-state index contributed by atoms with van der Waals surface area (Å²) in [6.45, 7) is 3.84. The first-order valence-electron chi connectivity index (χ1n) is 10.5. The largest absolute Gasteiger partial charge is 0.497 e. The minimum absolute atomic E-state index is 0.258. The number of hydrogen-bond donors (Lipinski definition) is 1. The summed E-state index contributed by atoms with van der Waals surface area (Å²) < 4.78 is 16.6. The van der Waals surface area contributed by atoms with Crippen molar-refractivity contribution in [1.82, 2.24) is 10.3 Å². The van der Waals surface area contributed by atoms with Gasteiger partial charge in [-0.3, -0.25) is 9.78 Å². The number of rotatable bonds is 7. The Morgan fingerprint density at radius 1 is 1.15 bits per heavy atom. The minimum atomic E-state index is -0.741. The molecule has 0 unspecified atom stereocenters. The van der Waals surface area contributed by atoms with Gasteiger partial charge in [0.15, 0.2) is 6.10 Å². The van der Waals surface area contributed by atoms with Gasteiger partial charge < -0.3 is 19.2 Å². The van der Waals surface area contributed by atoms with Crippen LogP contribution in [-0.2, 0) is 11.3 Å². The zero-order chi connectivity index (χ0) is 23.4. The highest BCUT2D eigenvalue weighted by Gasteiger charge is 2.18. The van der Waals surface area contributed by atoms with E-state index in [0.29, 0.717) is 23.4 Å². The Morgan fingerprint density at radius 2 is 1.94 bits per heavy atom. The highest BCUT2D eigenvalue weighted by atomic mass is 16.5. The third-order valence-corrected chi connectivity index (χ3v) is 5.37. The highest BCUT2D eigenvalue weighted by molar-refractivity contribution is 5.95. The predicted octanol–water partition coefficient (Wildman–Crippen LogP) is 4.26. The van der Waals surface area contributed by atoms with Crippen molar-refractivity contribution in [3.63, 3.8) is 0 Å². The molecule has 0 saturated carbocycles.